The number of anilines is 3. The van der Waals surface area contributed by atoms with E-state index in [1.807, 2.05) is 24.3 Å². The first kappa shape index (κ1) is 25.8. The predicted octanol–water partition coefficient (Wildman–Crippen LogP) is 2.24. The van der Waals surface area contributed by atoms with Gasteiger partial charge in [-0.25, -0.2) is 4.79 Å². The zero-order chi connectivity index (χ0) is 26.5. The molecule has 0 spiro atoms. The second-order valence-corrected chi connectivity index (χ2v) is 9.80. The van der Waals surface area contributed by atoms with Gasteiger partial charge >= 0.3 is 18.1 Å². The van der Waals surface area contributed by atoms with Crippen molar-refractivity contribution in [1.82, 2.24) is 20.3 Å². The van der Waals surface area contributed by atoms with Gasteiger partial charge in [0, 0.05) is 43.5 Å². The predicted molar refractivity (Wildman–Crippen MR) is 141 cm³/mol. The number of piperazine rings is 1. The van der Waals surface area contributed by atoms with Gasteiger partial charge in [0.25, 0.3) is 0 Å². The molecule has 3 aliphatic rings. The Hall–Kier alpha value is -3.83. The second-order valence-electron chi connectivity index (χ2n) is 9.80. The van der Waals surface area contributed by atoms with Crippen molar-refractivity contribution >= 4 is 29.3 Å². The molecule has 2 aliphatic heterocycles. The maximum atomic E-state index is 12.5. The Morgan fingerprint density at radius 2 is 1.53 bits per heavy atom. The lowest BCUT2D eigenvalue weighted by atomic mass is 9.88. The van der Waals surface area contributed by atoms with E-state index in [2.05, 4.69) is 30.1 Å². The first-order valence-electron chi connectivity index (χ1n) is 13.2. The van der Waals surface area contributed by atoms with Crippen molar-refractivity contribution in [2.24, 2.45) is 5.92 Å². The minimum absolute atomic E-state index is 0.0809. The van der Waals surface area contributed by atoms with Crippen LogP contribution in [0, 0.1) is 5.92 Å². The van der Waals surface area contributed by atoms with Crippen molar-refractivity contribution < 1.29 is 23.8 Å². The molecule has 12 nitrogen and oxygen atoms in total. The standard InChI is InChI=1S/C26H35N7O5/c1-36-24-28-23(29-25(30-24)37-2)32-14-12-31(13-15-32)19-8-10-20(11-9-19)33-17-21(38-26(33)35)16-27-22(34)18-6-4-3-5-7-18/h8-11,18,21H,3-7,12-17H2,1-2H3,(H,27,34)/t21-/m0/s1. The van der Waals surface area contributed by atoms with Gasteiger partial charge in [-0.1, -0.05) is 19.3 Å². The number of nitrogens with zero attached hydrogens (tertiary/aromatic N) is 6. The summed E-state index contributed by atoms with van der Waals surface area (Å²) >= 11 is 0. The molecule has 2 amide bonds. The molecule has 1 aliphatic carbocycles. The molecule has 1 atom stereocenters. The Morgan fingerprint density at radius 1 is 0.921 bits per heavy atom. The molecule has 204 valence electrons. The number of ether oxygens (including phenoxy) is 3. The Kier molecular flexibility index (Phi) is 7.94. The molecule has 2 aromatic rings. The molecular formula is C26H35N7O5. The number of nitrogens with one attached hydrogen (secondary N) is 1. The fraction of sp³-hybridized carbons (Fsp3) is 0.577. The lowest BCUT2D eigenvalue weighted by Gasteiger charge is -2.36. The first-order valence-corrected chi connectivity index (χ1v) is 13.2. The maximum absolute atomic E-state index is 12.5. The lowest BCUT2D eigenvalue weighted by Crippen LogP contribution is -2.47. The highest BCUT2D eigenvalue weighted by Gasteiger charge is 2.33. The summed E-state index contributed by atoms with van der Waals surface area (Å²) in [5.74, 6) is 0.701. The molecule has 1 N–H and O–H groups in total. The van der Waals surface area contributed by atoms with E-state index in [0.717, 1.165) is 63.2 Å². The van der Waals surface area contributed by atoms with Crippen LogP contribution < -0.4 is 29.5 Å². The molecule has 3 fully saturated rings. The molecule has 1 saturated carbocycles. The van der Waals surface area contributed by atoms with Crippen molar-refractivity contribution in [2.75, 3.05) is 68.2 Å². The highest BCUT2D eigenvalue weighted by atomic mass is 16.6. The summed E-state index contributed by atoms with van der Waals surface area (Å²) in [6.45, 7) is 3.78. The third kappa shape index (κ3) is 5.84. The molecule has 12 heteroatoms. The number of hydrogen-bond acceptors (Lipinski definition) is 10. The monoisotopic (exact) mass is 525 g/mol. The summed E-state index contributed by atoms with van der Waals surface area (Å²) in [5, 5.41) is 2.99. The molecule has 1 aromatic carbocycles. The molecule has 0 bridgehead atoms. The summed E-state index contributed by atoms with van der Waals surface area (Å²) < 4.78 is 15.8. The van der Waals surface area contributed by atoms with E-state index >= 15 is 0 Å². The van der Waals surface area contributed by atoms with Gasteiger partial charge in [0.1, 0.15) is 6.10 Å². The number of carbonyl (C=O) groups is 2. The van der Waals surface area contributed by atoms with Crippen LogP contribution in [-0.2, 0) is 9.53 Å². The van der Waals surface area contributed by atoms with Crippen LogP contribution in [0.2, 0.25) is 0 Å². The van der Waals surface area contributed by atoms with Gasteiger partial charge in [0.15, 0.2) is 0 Å². The van der Waals surface area contributed by atoms with E-state index in [0.29, 0.717) is 19.0 Å². The number of hydrogen-bond donors (Lipinski definition) is 1. The van der Waals surface area contributed by atoms with Gasteiger partial charge in [0.05, 0.1) is 27.3 Å². The maximum Gasteiger partial charge on any atom is 0.414 e. The summed E-state index contributed by atoms with van der Waals surface area (Å²) in [5.41, 5.74) is 1.85. The molecule has 1 aromatic heterocycles. The minimum Gasteiger partial charge on any atom is -0.467 e. The Labute approximate surface area is 222 Å². The molecule has 5 rings (SSSR count). The van der Waals surface area contributed by atoms with E-state index in [1.165, 1.54) is 20.6 Å². The Balaban J connectivity index is 1.13. The van der Waals surface area contributed by atoms with Gasteiger partial charge in [-0.2, -0.15) is 9.97 Å². The van der Waals surface area contributed by atoms with Crippen LogP contribution in [0.5, 0.6) is 12.0 Å². The van der Waals surface area contributed by atoms with Crippen LogP contribution in [0.15, 0.2) is 24.3 Å². The zero-order valence-electron chi connectivity index (χ0n) is 22.0. The number of carbonyl (C=O) groups excluding carboxylic acids is 2. The van der Waals surface area contributed by atoms with E-state index in [4.69, 9.17) is 14.2 Å². The van der Waals surface area contributed by atoms with Crippen LogP contribution in [0.4, 0.5) is 22.1 Å². The van der Waals surface area contributed by atoms with Crippen molar-refractivity contribution in [3.8, 4) is 12.0 Å². The van der Waals surface area contributed by atoms with E-state index in [-0.39, 0.29) is 36.0 Å². The highest BCUT2D eigenvalue weighted by Crippen LogP contribution is 2.27. The van der Waals surface area contributed by atoms with E-state index in [1.54, 1.807) is 4.90 Å². The van der Waals surface area contributed by atoms with E-state index in [9.17, 15) is 9.59 Å². The molecule has 0 radical (unpaired) electrons. The summed E-state index contributed by atoms with van der Waals surface area (Å²) in [6, 6.07) is 8.36. The van der Waals surface area contributed by atoms with Gasteiger partial charge in [-0.3, -0.25) is 9.69 Å². The Bertz CT molecular complexity index is 1100. The fourth-order valence-electron chi connectivity index (χ4n) is 5.22. The molecule has 38 heavy (non-hydrogen) atoms. The molecular weight excluding hydrogens is 490 g/mol. The molecule has 3 heterocycles. The number of cyclic esters (lactones) is 1. The van der Waals surface area contributed by atoms with Gasteiger partial charge in [-0.05, 0) is 37.1 Å². The number of rotatable bonds is 8. The normalized spacial score (nSPS) is 20.3. The topological polar surface area (TPSA) is 122 Å². The van der Waals surface area contributed by atoms with Crippen molar-refractivity contribution in [2.45, 2.75) is 38.2 Å². The first-order chi connectivity index (χ1) is 18.5. The fourth-order valence-corrected chi connectivity index (χ4v) is 5.22. The van der Waals surface area contributed by atoms with E-state index < -0.39 is 0 Å². The second kappa shape index (κ2) is 11.7. The number of methoxy groups -OCH3 is 2. The largest absolute Gasteiger partial charge is 0.467 e. The highest BCUT2D eigenvalue weighted by molar-refractivity contribution is 5.90. The minimum atomic E-state index is -0.383. The van der Waals surface area contributed by atoms with Crippen LogP contribution in [0.3, 0.4) is 0 Å². The number of benzene rings is 1. The quantitative estimate of drug-likeness (QED) is 0.549. The SMILES string of the molecule is COc1nc(OC)nc(N2CCN(c3ccc(N4C[C@H](CNC(=O)C5CCCCC5)OC4=O)cc3)CC2)n1. The van der Waals surface area contributed by atoms with Gasteiger partial charge < -0.3 is 29.3 Å². The average Bonchev–Trinajstić information content (AvgIpc) is 3.36. The van der Waals surface area contributed by atoms with Crippen molar-refractivity contribution in [1.29, 1.82) is 0 Å². The molecule has 0 unspecified atom stereocenters. The number of aromatic nitrogens is 3. The smallest absolute Gasteiger partial charge is 0.414 e. The summed E-state index contributed by atoms with van der Waals surface area (Å²) in [6.07, 6.45) is 4.59. The molecule has 2 saturated heterocycles. The van der Waals surface area contributed by atoms with Crippen LogP contribution in [-0.4, -0.2) is 86.5 Å². The van der Waals surface area contributed by atoms with Crippen molar-refractivity contribution in [3.05, 3.63) is 24.3 Å². The average molecular weight is 526 g/mol. The van der Waals surface area contributed by atoms with Crippen LogP contribution >= 0.6 is 0 Å². The van der Waals surface area contributed by atoms with Crippen LogP contribution in [0.1, 0.15) is 32.1 Å². The van der Waals surface area contributed by atoms with Crippen LogP contribution in [0.25, 0.3) is 0 Å². The summed E-state index contributed by atoms with van der Waals surface area (Å²) in [7, 11) is 3.02. The van der Waals surface area contributed by atoms with Gasteiger partial charge in [0.2, 0.25) is 11.9 Å². The summed E-state index contributed by atoms with van der Waals surface area (Å²) in [4.78, 5) is 43.7. The van der Waals surface area contributed by atoms with Gasteiger partial charge in [-0.15, -0.1) is 4.98 Å². The Morgan fingerprint density at radius 3 is 2.16 bits per heavy atom. The lowest BCUT2D eigenvalue weighted by molar-refractivity contribution is -0.126. The third-order valence-electron chi connectivity index (χ3n) is 7.39. The van der Waals surface area contributed by atoms with Crippen molar-refractivity contribution in [3.63, 3.8) is 0 Å². The number of amides is 2. The third-order valence-corrected chi connectivity index (χ3v) is 7.39. The zero-order valence-corrected chi connectivity index (χ0v) is 22.0.